The van der Waals surface area contributed by atoms with Gasteiger partial charge >= 0.3 is 21.1 Å². The van der Waals surface area contributed by atoms with E-state index in [1.165, 1.54) is 11.1 Å². The number of aryl methyl sites for hydroxylation is 4. The molecule has 14 heteroatoms. The molecule has 0 atom stereocenters. The van der Waals surface area contributed by atoms with Crippen molar-refractivity contribution in [1.82, 2.24) is 39.9 Å². The van der Waals surface area contributed by atoms with Crippen molar-refractivity contribution >= 4 is 12.6 Å². The van der Waals surface area contributed by atoms with Gasteiger partial charge < -0.3 is 31.6 Å². The molecule has 0 saturated heterocycles. The van der Waals surface area contributed by atoms with Gasteiger partial charge in [0.1, 0.15) is 23.0 Å². The molecule has 0 spiro atoms. The number of rotatable bonds is 0. The number of hydrogen-bond acceptors (Lipinski definition) is 13. The van der Waals surface area contributed by atoms with Crippen molar-refractivity contribution in [3.05, 3.63) is 260 Å². The summed E-state index contributed by atoms with van der Waals surface area (Å²) >= 11 is 5.95. The van der Waals surface area contributed by atoms with Crippen molar-refractivity contribution in [3.8, 4) is 113 Å². The monoisotopic (exact) mass is 1380 g/mol. The van der Waals surface area contributed by atoms with E-state index in [-0.39, 0.29) is 21.1 Å². The molecule has 14 aliphatic heterocycles. The molecule has 26 rings (SSSR count). The first-order valence-corrected chi connectivity index (χ1v) is 30.6. The zero-order valence-corrected chi connectivity index (χ0v) is 52.4. The quantitative estimate of drug-likeness (QED) is 0.105. The van der Waals surface area contributed by atoms with Gasteiger partial charge in [0, 0.05) is 36.2 Å². The minimum Gasteiger partial charge on any atom is -0.779 e. The van der Waals surface area contributed by atoms with E-state index < -0.39 is 0 Å². The Bertz CT molecular complexity index is 3900. The molecule has 0 saturated carbocycles. The predicted molar refractivity (Wildman–Crippen MR) is 351 cm³/mol. The molecular weight excluding hydrogens is 1320 g/mol. The zero-order valence-electron chi connectivity index (χ0n) is 49.4. The van der Waals surface area contributed by atoms with Gasteiger partial charge in [-0.25, -0.2) is 9.97 Å². The van der Waals surface area contributed by atoms with Crippen LogP contribution in [0.4, 0.5) is 0 Å². The van der Waals surface area contributed by atoms with Crippen molar-refractivity contribution in [3.63, 3.8) is 0 Å². The predicted octanol–water partition coefficient (Wildman–Crippen LogP) is 16.2. The number of ether oxygens (including phenoxy) is 4. The zero-order chi connectivity index (χ0) is 60.0. The maximum absolute atomic E-state index is 6.06. The summed E-state index contributed by atoms with van der Waals surface area (Å²) in [4.78, 5) is 38.6. The van der Waals surface area contributed by atoms with Gasteiger partial charge in [-0.05, 0) is 181 Å². The maximum atomic E-state index is 6.06. The third-order valence-corrected chi connectivity index (χ3v) is 16.0. The molecule has 446 valence electrons. The Hall–Kier alpha value is -9.81. The van der Waals surface area contributed by atoms with Crippen LogP contribution in [0.5, 0.6) is 23.0 Å². The molecule has 12 nitrogen and oxygen atoms in total. The Morgan fingerprint density at radius 2 is 0.589 bits per heavy atom. The molecule has 0 amide bonds. The van der Waals surface area contributed by atoms with Crippen molar-refractivity contribution in [2.45, 2.75) is 56.3 Å². The fraction of sp³-hybridized carbons (Fsp3) is 0.158. The first-order valence-electron chi connectivity index (χ1n) is 30.2. The summed E-state index contributed by atoms with van der Waals surface area (Å²) < 4.78 is 24.1. The van der Waals surface area contributed by atoms with E-state index in [0.29, 0.717) is 26.4 Å². The van der Waals surface area contributed by atoms with Crippen molar-refractivity contribution < 1.29 is 40.0 Å². The van der Waals surface area contributed by atoms with Crippen LogP contribution < -0.4 is 18.9 Å². The minimum absolute atomic E-state index is 0. The van der Waals surface area contributed by atoms with Crippen LogP contribution in [-0.4, -0.2) is 66.3 Å². The average Bonchev–Trinajstić information content (AvgIpc) is 2.01. The van der Waals surface area contributed by atoms with E-state index in [0.717, 1.165) is 181 Å². The van der Waals surface area contributed by atoms with Gasteiger partial charge in [0.2, 0.25) is 0 Å². The molecule has 90 heavy (non-hydrogen) atoms. The molecule has 0 unspecified atom stereocenters. The van der Waals surface area contributed by atoms with Gasteiger partial charge in [-0.2, -0.15) is 4.90 Å². The van der Waals surface area contributed by atoms with E-state index in [9.17, 15) is 0 Å². The summed E-state index contributed by atoms with van der Waals surface area (Å²) in [7, 11) is 0. The average molecular weight is 1380 g/mol. The molecule has 0 radical (unpaired) electrons. The van der Waals surface area contributed by atoms with Crippen LogP contribution in [0.3, 0.4) is 0 Å². The van der Waals surface area contributed by atoms with Gasteiger partial charge in [0.05, 0.1) is 84.4 Å². The normalized spacial score (nSPS) is 13.1. The Morgan fingerprint density at radius 1 is 0.289 bits per heavy atom. The Labute approximate surface area is 544 Å². The van der Waals surface area contributed by atoms with E-state index >= 15 is 0 Å². The van der Waals surface area contributed by atoms with Crippen LogP contribution in [0.15, 0.2) is 236 Å². The summed E-state index contributed by atoms with van der Waals surface area (Å²) in [5.41, 5.74) is 19.0. The Morgan fingerprint density at radius 3 is 0.911 bits per heavy atom. The summed E-state index contributed by atoms with van der Waals surface area (Å²) in [6.07, 6.45) is 18.2. The van der Waals surface area contributed by atoms with Crippen LogP contribution >= 0.6 is 0 Å². The number of aromatic nitrogens is 8. The maximum Gasteiger partial charge on any atom is 2.00 e. The van der Waals surface area contributed by atoms with Crippen molar-refractivity contribution in [2.75, 3.05) is 26.4 Å². The third-order valence-electron chi connectivity index (χ3n) is 15.5. The van der Waals surface area contributed by atoms with Crippen LogP contribution in [0.25, 0.3) is 90.3 Å². The summed E-state index contributed by atoms with van der Waals surface area (Å²) in [5.74, 6) is 3.18. The molecular formula is C76H62N8O4PtS. The number of benzene rings is 4. The van der Waals surface area contributed by atoms with Crippen LogP contribution in [0.2, 0.25) is 0 Å². The minimum atomic E-state index is 0. The summed E-state index contributed by atoms with van der Waals surface area (Å²) in [6.45, 7) is 2.42. The van der Waals surface area contributed by atoms with Crippen LogP contribution in [0, 0.1) is 6.07 Å². The summed E-state index contributed by atoms with van der Waals surface area (Å²) in [6, 6.07) is 68.4. The third kappa shape index (κ3) is 15.4. The van der Waals surface area contributed by atoms with Gasteiger partial charge in [0.25, 0.3) is 0 Å². The smallest absolute Gasteiger partial charge is 0.779 e. The molecule has 12 aromatic rings. The fourth-order valence-electron chi connectivity index (χ4n) is 10.7. The second-order valence-electron chi connectivity index (χ2n) is 21.8. The molecule has 0 aliphatic carbocycles. The Kier molecular flexibility index (Phi) is 19.8. The van der Waals surface area contributed by atoms with Gasteiger partial charge in [-0.1, -0.05) is 102 Å². The van der Waals surface area contributed by atoms with Gasteiger partial charge in [0.15, 0.2) is 0 Å². The van der Waals surface area contributed by atoms with E-state index in [1.807, 2.05) is 152 Å². The number of hydrogen-bond donors (Lipinski definition) is 0. The van der Waals surface area contributed by atoms with Crippen molar-refractivity contribution in [1.29, 1.82) is 0 Å². The second-order valence-corrected chi connectivity index (χ2v) is 22.2. The Balaban J connectivity index is 0.000000172. The van der Waals surface area contributed by atoms with Crippen LogP contribution in [-0.2, 0) is 59.4 Å². The molecule has 24 bridgehead atoms. The number of nitrogens with zero attached hydrogens (tertiary/aromatic N) is 8. The number of pyridine rings is 8. The fourth-order valence-corrected chi connectivity index (χ4v) is 11.0. The molecule has 4 aromatic carbocycles. The molecule has 14 aliphatic rings. The van der Waals surface area contributed by atoms with Gasteiger partial charge in [-0.15, -0.1) is 24.3 Å². The topological polar surface area (TPSA) is 140 Å². The van der Waals surface area contributed by atoms with E-state index in [4.69, 9.17) is 51.5 Å². The largest absolute Gasteiger partial charge is 2.00 e. The molecule has 8 aromatic heterocycles. The first kappa shape index (κ1) is 60.5. The molecule has 0 N–H and O–H groups in total. The van der Waals surface area contributed by atoms with E-state index in [1.54, 1.807) is 12.4 Å². The van der Waals surface area contributed by atoms with Crippen LogP contribution in [0.1, 0.15) is 47.9 Å². The second kappa shape index (κ2) is 29.5. The van der Waals surface area contributed by atoms with Crippen molar-refractivity contribution in [2.24, 2.45) is 0 Å². The van der Waals surface area contributed by atoms with E-state index in [2.05, 4.69) is 92.7 Å². The first-order chi connectivity index (χ1) is 44.0. The molecule has 22 heterocycles. The standard InChI is InChI=1S/C39H33N3O2S.C37H30N5O2.Pt/c45-39-33-7-1-8-34(39)30-15-19-32(20-16-30)44-24-4-6-28-12-22-36(41-26-28)38-10-2-9-37(42-38)35-21-11-27(25-40-35)5-3-23-43-31-17-13-29(33)14-18-31;1-7-28-21-29(8-1)33-18-14-31(25-41-33)44-20-4-6-27-12-16-35(39-23-27)37-10-2-9-36(42-37)34-15-11-26(22-38-34)5-3-19-43-30-13-17-32(28)40-24-30;/h1-2,7-22,25-26,45H,3-6,23-24H2;1-2,7-18,22-25H,3-6,19-20H2;/q;-1;+2/p-1. The van der Waals surface area contributed by atoms with Gasteiger partial charge in [-0.3, -0.25) is 29.9 Å². The molecule has 0 fully saturated rings. The summed E-state index contributed by atoms with van der Waals surface area (Å²) in [5, 5.41) is 0. The SMILES string of the molecule is [Pt+2].[S-]c1c2cccc1-c1ccc(cc1)OCCCc1ccc(nc1)-c1cccc(n1)-c1ccc(cn1)CCCOc1ccc-2cc1.[c-]1c2cccc1-c1ccc(cn1)OCCCc1ccc(nc1)-c1cccc(n1)-c1ccc(cn1)CCCOc1ccc-2nc1.